The van der Waals surface area contributed by atoms with Gasteiger partial charge < -0.3 is 154 Å². The summed E-state index contributed by atoms with van der Waals surface area (Å²) in [4.78, 5) is 138. The average molecular weight is 2050 g/mol. The van der Waals surface area contributed by atoms with Crippen molar-refractivity contribution in [2.75, 3.05) is 65.3 Å². The van der Waals surface area contributed by atoms with E-state index < -0.39 is 183 Å². The first-order chi connectivity index (χ1) is 69.7. The zero-order valence-electron chi connectivity index (χ0n) is 80.4. The number of aliphatic hydroxyl groups is 8. The Labute approximate surface area is 843 Å². The van der Waals surface area contributed by atoms with Gasteiger partial charge in [0.2, 0.25) is 29.5 Å². The summed E-state index contributed by atoms with van der Waals surface area (Å²) in [7, 11) is 2.07. The van der Waals surface area contributed by atoms with E-state index >= 15 is 9.59 Å². The number of carbonyl (C=O) groups is 8. The van der Waals surface area contributed by atoms with Crippen LogP contribution in [0, 0.1) is 12.8 Å². The quantitative estimate of drug-likeness (QED) is 0.0241. The number of primary amides is 3. The van der Waals surface area contributed by atoms with Gasteiger partial charge in [-0.2, -0.15) is 0 Å². The maximum absolute atomic E-state index is 15.4. The molecule has 2 aliphatic heterocycles. The fourth-order valence-electron chi connectivity index (χ4n) is 16.0. The number of hydrogen-bond acceptors (Lipinski definition) is 37. The number of nitrogens with two attached hydrogens (primary N) is 5. The van der Waals surface area contributed by atoms with Crippen LogP contribution in [0.3, 0.4) is 0 Å². The predicted molar refractivity (Wildman–Crippen MR) is 527 cm³/mol. The molecule has 0 aliphatic carbocycles. The Kier molecular flexibility index (Phi) is 41.3. The van der Waals surface area contributed by atoms with Gasteiger partial charge in [0.05, 0.1) is 66.5 Å². The van der Waals surface area contributed by atoms with E-state index in [1.807, 2.05) is 121 Å². The molecule has 2 saturated heterocycles. The molecule has 778 valence electrons. The van der Waals surface area contributed by atoms with Crippen molar-refractivity contribution in [1.29, 1.82) is 0 Å². The number of carbonyl (C=O) groups excluding carboxylic acids is 8. The number of rotatable bonds is 55. The number of nitrogens with one attached hydrogen (secondary N) is 7. The number of anilines is 1. The molecule has 44 nitrogen and oxygen atoms in total. The average Bonchev–Trinajstić information content (AvgIpc) is 1.17. The molecule has 145 heavy (non-hydrogen) atoms. The van der Waals surface area contributed by atoms with E-state index in [1.165, 1.54) is 50.4 Å². The third kappa shape index (κ3) is 31.7. The smallest absolute Gasteiger partial charge is 0.404 e. The molecule has 6 heterocycles. The van der Waals surface area contributed by atoms with Gasteiger partial charge in [-0.15, -0.1) is 22.7 Å². The lowest BCUT2D eigenvalue weighted by atomic mass is 9.96. The van der Waals surface area contributed by atoms with Crippen LogP contribution in [0.1, 0.15) is 129 Å². The van der Waals surface area contributed by atoms with E-state index in [9.17, 15) is 69.6 Å². The molecule has 46 heteroatoms. The van der Waals surface area contributed by atoms with Gasteiger partial charge in [0, 0.05) is 74.6 Å². The molecular formula is C99H125N19O25S2. The zero-order valence-corrected chi connectivity index (χ0v) is 82.0. The lowest BCUT2D eigenvalue weighted by molar-refractivity contribution is -0.372. The van der Waals surface area contributed by atoms with Crippen molar-refractivity contribution in [3.63, 3.8) is 0 Å². The molecule has 0 saturated carbocycles. The number of ether oxygens (including phenoxy) is 9. The minimum atomic E-state index is -2.22. The minimum absolute atomic E-state index is 0.0451. The molecule has 2 aliphatic rings. The van der Waals surface area contributed by atoms with Crippen molar-refractivity contribution in [1.82, 2.24) is 71.6 Å². The summed E-state index contributed by atoms with van der Waals surface area (Å²) < 4.78 is 54.2. The molecule has 4 aromatic heterocycles. The van der Waals surface area contributed by atoms with Gasteiger partial charge in [-0.25, -0.2) is 29.7 Å². The van der Waals surface area contributed by atoms with E-state index in [-0.39, 0.29) is 54.0 Å². The fraction of sp³-hybridized carbons (Fsp3) is 0.424. The summed E-state index contributed by atoms with van der Waals surface area (Å²) in [6, 6.07) is 44.0. The molecule has 19 atom stereocenters. The van der Waals surface area contributed by atoms with Gasteiger partial charge in [-0.05, 0) is 136 Å². The number of amides is 8. The van der Waals surface area contributed by atoms with Crippen LogP contribution in [0.25, 0.3) is 10.7 Å². The van der Waals surface area contributed by atoms with Crippen molar-refractivity contribution in [3.05, 3.63) is 248 Å². The number of para-hydroxylation sites is 4. The van der Waals surface area contributed by atoms with Crippen LogP contribution in [0.4, 0.5) is 10.6 Å². The van der Waals surface area contributed by atoms with E-state index in [0.29, 0.717) is 74.7 Å². The van der Waals surface area contributed by atoms with Gasteiger partial charge >= 0.3 is 6.09 Å². The van der Waals surface area contributed by atoms with Crippen molar-refractivity contribution in [2.24, 2.45) is 28.9 Å². The number of imidazole rings is 1. The van der Waals surface area contributed by atoms with Gasteiger partial charge in [-0.3, -0.25) is 38.5 Å². The normalized spacial score (nSPS) is 19.7. The van der Waals surface area contributed by atoms with E-state index in [2.05, 4.69) is 110 Å². The molecule has 2 fully saturated rings. The summed E-state index contributed by atoms with van der Waals surface area (Å²) in [5, 5.41) is 109. The van der Waals surface area contributed by atoms with Crippen molar-refractivity contribution in [3.8, 4) is 33.7 Å². The molecule has 0 bridgehead atoms. The van der Waals surface area contributed by atoms with Crippen molar-refractivity contribution in [2.45, 2.75) is 203 Å². The first kappa shape index (κ1) is 111. The van der Waals surface area contributed by atoms with Gasteiger partial charge in [0.25, 0.3) is 11.8 Å². The Balaban J connectivity index is 0.659. The molecule has 10 aromatic rings. The Morgan fingerprint density at radius 2 is 1.15 bits per heavy atom. The number of aromatic amines is 1. The molecule has 0 spiro atoms. The Bertz CT molecular complexity index is 5720. The fourth-order valence-corrected chi connectivity index (χ4v) is 17.6. The maximum Gasteiger partial charge on any atom is 0.404 e. The summed E-state index contributed by atoms with van der Waals surface area (Å²) >= 11 is 2.50. The lowest BCUT2D eigenvalue weighted by Crippen LogP contribution is -2.65. The molecule has 6 aromatic carbocycles. The highest BCUT2D eigenvalue weighted by Gasteiger charge is 2.54. The van der Waals surface area contributed by atoms with Crippen LogP contribution in [0.2, 0.25) is 0 Å². The highest BCUT2D eigenvalue weighted by Crippen LogP contribution is 2.36. The van der Waals surface area contributed by atoms with E-state index in [0.717, 1.165) is 88.4 Å². The zero-order chi connectivity index (χ0) is 104. The maximum atomic E-state index is 15.4. The number of nitrogen functional groups attached to an aromatic ring is 1. The second kappa shape index (κ2) is 54.1. The molecule has 8 amide bonds. The topological polar surface area (TPSA) is 670 Å². The third-order valence-electron chi connectivity index (χ3n) is 24.2. The predicted octanol–water partition coefficient (Wildman–Crippen LogP) is 1.76. The second-order valence-corrected chi connectivity index (χ2v) is 36.9. The van der Waals surface area contributed by atoms with Crippen LogP contribution in [-0.2, 0) is 93.6 Å². The lowest BCUT2D eigenvalue weighted by Gasteiger charge is -2.47. The van der Waals surface area contributed by atoms with Crippen molar-refractivity contribution >= 4 is 75.9 Å². The third-order valence-corrected chi connectivity index (χ3v) is 25.9. The number of H-pyrrole nitrogens is 1. The largest absolute Gasteiger partial charge is 0.489 e. The Morgan fingerprint density at radius 3 is 1.70 bits per heavy atom. The monoisotopic (exact) mass is 2040 g/mol. The molecule has 25 N–H and O–H groups in total. The van der Waals surface area contributed by atoms with Gasteiger partial charge in [-0.1, -0.05) is 116 Å². The Hall–Kier alpha value is -13.2. The summed E-state index contributed by atoms with van der Waals surface area (Å²) in [5.74, 6) is -5.82. The highest BCUT2D eigenvalue weighted by molar-refractivity contribution is 7.14. The minimum Gasteiger partial charge on any atom is -0.489 e. The van der Waals surface area contributed by atoms with Gasteiger partial charge in [0.1, 0.15) is 144 Å². The van der Waals surface area contributed by atoms with Crippen LogP contribution in [0.15, 0.2) is 181 Å². The number of aliphatic hydroxyl groups excluding tert-OH is 8. The molecular weight excluding hydrogens is 1920 g/mol. The summed E-state index contributed by atoms with van der Waals surface area (Å²) in [6.07, 6.45) is -23.9. The first-order valence-electron chi connectivity index (χ1n) is 47.0. The number of nitrogens with zero attached hydrogens (tertiary/aromatic N) is 7. The first-order valence-corrected chi connectivity index (χ1v) is 48.7. The Morgan fingerprint density at radius 1 is 0.586 bits per heavy atom. The molecule has 12 rings (SSSR count). The second-order valence-electron chi connectivity index (χ2n) is 35.1. The van der Waals surface area contributed by atoms with E-state index in [4.69, 9.17) is 76.3 Å². The van der Waals surface area contributed by atoms with Crippen LogP contribution < -0.4 is 79.5 Å². The highest BCUT2D eigenvalue weighted by atomic mass is 32.1. The SMILES string of the molecule is Cc1c(N)nc([C@H](CC(N)=O)NC[C@H](N)C(N)=O)nc1C(=O)N[C@H](C(=O)N[C@H](C)[C@@H](O)[C@H](C)C(=O)N[C@H](C(=O)NCCc1nc(-c2nc(C(=O)NCCCN(C)CCCN(Cc3ccc(COc4ccccc4)c(COc4ccccc4)c3)Cc3ccc(COc4ccccc4)c(COc4ccccc4)c3)cs2)cs1)[C@@H](C)O)[C@@H](OC1OC(CO)C(O)C(O)C1OC1OC(CO)C(O)C(OC(N)=O)C1O)c1c[nH]cn1. The summed E-state index contributed by atoms with van der Waals surface area (Å²) in [5.41, 5.74) is 34.4. The summed E-state index contributed by atoms with van der Waals surface area (Å²) in [6.45, 7) is 7.84. The number of thiazole rings is 2. The number of hydrogen-bond donors (Lipinski definition) is 20. The van der Waals surface area contributed by atoms with Crippen LogP contribution in [-0.4, -0.2) is 285 Å². The van der Waals surface area contributed by atoms with Crippen LogP contribution >= 0.6 is 22.7 Å². The van der Waals surface area contributed by atoms with Gasteiger partial charge in [0.15, 0.2) is 18.7 Å². The van der Waals surface area contributed by atoms with Crippen LogP contribution in [0.5, 0.6) is 23.0 Å². The molecule has 10 unspecified atom stereocenters. The van der Waals surface area contributed by atoms with E-state index in [1.54, 1.807) is 10.8 Å². The number of aromatic nitrogens is 6. The molecule has 0 radical (unpaired) electrons. The van der Waals surface area contributed by atoms with Crippen molar-refractivity contribution < 1.29 is 122 Å². The standard InChI is InChI=1S/C99H125N19O25S2/c1-54-77(113-90(116-88(54)102)69(40-75(101)122)108-41-68(100)89(103)128)94(132)115-79(85(70-42-105-53-109-70)141-98-87(83(126)81(124)73(45-119)140-98)142-97-84(127)86(143-99(104)134)82(125)74(46-120)139-97)95(133)110-56(3)80(123)55(2)91(129)114-78(57(4)121)93(131)107-34-32-76-111-72(52-144-76)96-112-71(51-145-96)92(130)106-33-18-35-117(5)36-19-37-118(43-58-28-30-60(47-135-64-20-10-6-11-21-64)62(38-58)49-137-66-24-14-8-15-25-66)44-59-29-31-61(48-136-65-22-12-7-13-23-65)63(39-59)50-138-67-26-16-9-17-27-67/h6-17,20-31,38-39,42,51-53,55-57,68-69,73-74,78-87,97-98,108,119-121,123-127H,18-19,32-37,40-41,43-50,100H2,1-5H3,(H2,101,122)(H2,103,128)(H2,104,134)(H,105,109)(H,106,130)(H,107,131)(H,110,133)(H,114,129)(H,115,132)(H2,102,113,116)/t55-,56+,57+,68-,69-,73?,74?,78-,79-,80-,81?,82?,83?,84?,85-,86?,87?,97?,98?/m0/s1. The number of benzene rings is 6.